The fourth-order valence-corrected chi connectivity index (χ4v) is 3.19. The summed E-state index contributed by atoms with van der Waals surface area (Å²) in [5.41, 5.74) is 5.82. The van der Waals surface area contributed by atoms with Crippen LogP contribution in [0.1, 0.15) is 20.3 Å². The highest BCUT2D eigenvalue weighted by atomic mass is 32.2. The van der Waals surface area contributed by atoms with Crippen molar-refractivity contribution >= 4 is 17.7 Å². The Hall–Kier alpha value is -0.220. The number of nitrogens with two attached hydrogens (primary N) is 1. The quantitative estimate of drug-likeness (QED) is 0.681. The minimum Gasteiger partial charge on any atom is -0.468 e. The van der Waals surface area contributed by atoms with Gasteiger partial charge in [0.1, 0.15) is 6.04 Å². The van der Waals surface area contributed by atoms with Gasteiger partial charge < -0.3 is 10.5 Å². The van der Waals surface area contributed by atoms with Crippen molar-refractivity contribution in [3.05, 3.63) is 0 Å². The van der Waals surface area contributed by atoms with Crippen molar-refractivity contribution in [2.75, 3.05) is 12.9 Å². The van der Waals surface area contributed by atoms with Gasteiger partial charge in [-0.25, -0.2) is 0 Å². The van der Waals surface area contributed by atoms with Crippen LogP contribution in [-0.4, -0.2) is 29.6 Å². The van der Waals surface area contributed by atoms with E-state index in [0.29, 0.717) is 0 Å². The summed E-state index contributed by atoms with van der Waals surface area (Å²) in [6.45, 7) is 4.27. The molecule has 76 valence electrons. The Bertz CT molecular complexity index is 206. The molecule has 2 atom stereocenters. The van der Waals surface area contributed by atoms with Gasteiger partial charge in [0.25, 0.3) is 0 Å². The molecule has 0 radical (unpaired) electrons. The third-order valence-corrected chi connectivity index (χ3v) is 4.19. The van der Waals surface area contributed by atoms with Crippen LogP contribution in [0.2, 0.25) is 0 Å². The van der Waals surface area contributed by atoms with E-state index < -0.39 is 6.04 Å². The smallest absolute Gasteiger partial charge is 0.322 e. The average Bonchev–Trinajstić information content (AvgIpc) is 2.42. The SMILES string of the molecule is COC(=O)C(N)C1CCSC1(C)C. The van der Waals surface area contributed by atoms with Gasteiger partial charge in [0, 0.05) is 4.75 Å². The highest BCUT2D eigenvalue weighted by Gasteiger charge is 2.41. The van der Waals surface area contributed by atoms with E-state index in [4.69, 9.17) is 5.73 Å². The first-order chi connectivity index (χ1) is 5.99. The van der Waals surface area contributed by atoms with Crippen LogP contribution in [-0.2, 0) is 9.53 Å². The first kappa shape index (κ1) is 10.9. The van der Waals surface area contributed by atoms with Gasteiger partial charge in [-0.15, -0.1) is 0 Å². The zero-order valence-electron chi connectivity index (χ0n) is 8.37. The van der Waals surface area contributed by atoms with Crippen LogP contribution >= 0.6 is 11.8 Å². The van der Waals surface area contributed by atoms with Crippen molar-refractivity contribution in [3.8, 4) is 0 Å². The molecule has 1 heterocycles. The number of hydrogen-bond donors (Lipinski definition) is 1. The Labute approximate surface area is 83.4 Å². The van der Waals surface area contributed by atoms with Crippen LogP contribution in [0, 0.1) is 5.92 Å². The van der Waals surface area contributed by atoms with Gasteiger partial charge in [-0.3, -0.25) is 4.79 Å². The van der Waals surface area contributed by atoms with E-state index >= 15 is 0 Å². The van der Waals surface area contributed by atoms with Crippen molar-refractivity contribution in [1.82, 2.24) is 0 Å². The van der Waals surface area contributed by atoms with E-state index in [0.717, 1.165) is 12.2 Å². The lowest BCUT2D eigenvalue weighted by atomic mass is 9.86. The summed E-state index contributed by atoms with van der Waals surface area (Å²) in [5, 5.41) is 0. The van der Waals surface area contributed by atoms with Gasteiger partial charge in [-0.05, 0) is 18.1 Å². The number of carbonyl (C=O) groups excluding carboxylic acids is 1. The van der Waals surface area contributed by atoms with Gasteiger partial charge in [0.05, 0.1) is 7.11 Å². The predicted octanol–water partition coefficient (Wildman–Crippen LogP) is 1.02. The van der Waals surface area contributed by atoms with E-state index in [1.165, 1.54) is 7.11 Å². The third-order valence-electron chi connectivity index (χ3n) is 2.70. The Morgan fingerprint density at radius 2 is 2.31 bits per heavy atom. The Kier molecular flexibility index (Phi) is 3.24. The van der Waals surface area contributed by atoms with Gasteiger partial charge in [0.2, 0.25) is 0 Å². The Morgan fingerprint density at radius 1 is 1.69 bits per heavy atom. The van der Waals surface area contributed by atoms with E-state index in [-0.39, 0.29) is 16.6 Å². The van der Waals surface area contributed by atoms with Gasteiger partial charge in [0.15, 0.2) is 0 Å². The number of carbonyl (C=O) groups is 1. The predicted molar refractivity (Wildman–Crippen MR) is 54.6 cm³/mol. The van der Waals surface area contributed by atoms with Crippen LogP contribution in [0.25, 0.3) is 0 Å². The molecule has 13 heavy (non-hydrogen) atoms. The standard InChI is InChI=1S/C9H17NO2S/c1-9(2)6(4-5-13-9)7(10)8(11)12-3/h6-7H,4-5,10H2,1-3H3. The number of thioether (sulfide) groups is 1. The van der Waals surface area contributed by atoms with Crippen LogP contribution in [0.5, 0.6) is 0 Å². The van der Waals surface area contributed by atoms with Crippen LogP contribution in [0.15, 0.2) is 0 Å². The summed E-state index contributed by atoms with van der Waals surface area (Å²) in [4.78, 5) is 11.2. The normalized spacial score (nSPS) is 28.5. The lowest BCUT2D eigenvalue weighted by Crippen LogP contribution is -2.45. The second kappa shape index (κ2) is 3.88. The maximum atomic E-state index is 11.2. The molecule has 0 bridgehead atoms. The van der Waals surface area contributed by atoms with Crippen molar-refractivity contribution in [3.63, 3.8) is 0 Å². The third kappa shape index (κ3) is 2.17. The molecular formula is C9H17NO2S. The minimum atomic E-state index is -0.463. The maximum absolute atomic E-state index is 11.2. The Balaban J connectivity index is 2.66. The molecule has 4 heteroatoms. The maximum Gasteiger partial charge on any atom is 0.322 e. The molecule has 1 fully saturated rings. The summed E-state index contributed by atoms with van der Waals surface area (Å²) in [5.74, 6) is 1.04. The van der Waals surface area contributed by atoms with Crippen molar-refractivity contribution in [2.45, 2.75) is 31.1 Å². The molecule has 0 spiro atoms. The fourth-order valence-electron chi connectivity index (χ4n) is 1.82. The van der Waals surface area contributed by atoms with Crippen molar-refractivity contribution in [2.24, 2.45) is 11.7 Å². The van der Waals surface area contributed by atoms with Crippen molar-refractivity contribution < 1.29 is 9.53 Å². The number of esters is 1. The molecule has 1 aliphatic rings. The molecule has 2 N–H and O–H groups in total. The zero-order chi connectivity index (χ0) is 10.1. The second-order valence-electron chi connectivity index (χ2n) is 3.90. The minimum absolute atomic E-state index is 0.105. The fraction of sp³-hybridized carbons (Fsp3) is 0.889. The van der Waals surface area contributed by atoms with E-state index in [1.807, 2.05) is 11.8 Å². The lowest BCUT2D eigenvalue weighted by molar-refractivity contribution is -0.143. The molecule has 1 saturated heterocycles. The Morgan fingerprint density at radius 3 is 2.69 bits per heavy atom. The average molecular weight is 203 g/mol. The van der Waals surface area contributed by atoms with Gasteiger partial charge in [-0.1, -0.05) is 13.8 Å². The molecule has 0 amide bonds. The van der Waals surface area contributed by atoms with Crippen LogP contribution in [0.3, 0.4) is 0 Å². The number of hydrogen-bond acceptors (Lipinski definition) is 4. The van der Waals surface area contributed by atoms with Gasteiger partial charge in [-0.2, -0.15) is 11.8 Å². The zero-order valence-corrected chi connectivity index (χ0v) is 9.19. The molecule has 1 rings (SSSR count). The molecule has 0 aliphatic carbocycles. The highest BCUT2D eigenvalue weighted by molar-refractivity contribution is 8.00. The summed E-state index contributed by atoms with van der Waals surface area (Å²) >= 11 is 1.88. The molecule has 2 unspecified atom stereocenters. The summed E-state index contributed by atoms with van der Waals surface area (Å²) in [6.07, 6.45) is 1.01. The van der Waals surface area contributed by atoms with Crippen LogP contribution < -0.4 is 5.73 Å². The molecule has 0 aromatic heterocycles. The van der Waals surface area contributed by atoms with E-state index in [9.17, 15) is 4.79 Å². The van der Waals surface area contributed by atoms with Crippen molar-refractivity contribution in [1.29, 1.82) is 0 Å². The van der Waals surface area contributed by atoms with E-state index in [2.05, 4.69) is 18.6 Å². The number of ether oxygens (including phenoxy) is 1. The second-order valence-corrected chi connectivity index (χ2v) is 5.65. The molecule has 0 aromatic carbocycles. The molecule has 1 aliphatic heterocycles. The lowest BCUT2D eigenvalue weighted by Gasteiger charge is -2.29. The molecular weight excluding hydrogens is 186 g/mol. The summed E-state index contributed by atoms with van der Waals surface area (Å²) in [6, 6.07) is -0.463. The molecule has 3 nitrogen and oxygen atoms in total. The summed E-state index contributed by atoms with van der Waals surface area (Å²) in [7, 11) is 1.39. The highest BCUT2D eigenvalue weighted by Crippen LogP contribution is 2.43. The first-order valence-electron chi connectivity index (χ1n) is 4.46. The van der Waals surface area contributed by atoms with Gasteiger partial charge >= 0.3 is 5.97 Å². The summed E-state index contributed by atoms with van der Waals surface area (Å²) < 4.78 is 4.75. The topological polar surface area (TPSA) is 52.3 Å². The largest absolute Gasteiger partial charge is 0.468 e. The molecule has 0 saturated carbocycles. The monoisotopic (exact) mass is 203 g/mol. The van der Waals surface area contributed by atoms with E-state index in [1.54, 1.807) is 0 Å². The first-order valence-corrected chi connectivity index (χ1v) is 5.45. The number of methoxy groups -OCH3 is 1. The number of rotatable bonds is 2. The van der Waals surface area contributed by atoms with Crippen LogP contribution in [0.4, 0.5) is 0 Å². The molecule has 0 aromatic rings.